The average molecular weight is 441 g/mol. The largest absolute Gasteiger partial charge is 0.454 e. The minimum Gasteiger partial charge on any atom is -0.454 e. The molecule has 1 amide bonds. The van der Waals surface area contributed by atoms with E-state index in [-0.39, 0.29) is 29.4 Å². The van der Waals surface area contributed by atoms with Gasteiger partial charge in [-0.3, -0.25) is 4.79 Å². The van der Waals surface area contributed by atoms with E-state index in [9.17, 15) is 13.2 Å². The van der Waals surface area contributed by atoms with Gasteiger partial charge in [0.15, 0.2) is 20.7 Å². The van der Waals surface area contributed by atoms with Crippen molar-refractivity contribution in [2.45, 2.75) is 24.7 Å². The number of amides is 1. The normalized spacial score (nSPS) is 11.6. The first kappa shape index (κ1) is 20.3. The van der Waals surface area contributed by atoms with Gasteiger partial charge in [0.05, 0.1) is 10.6 Å². The number of rotatable bonds is 7. The van der Waals surface area contributed by atoms with Crippen molar-refractivity contribution in [1.29, 1.82) is 0 Å². The number of aryl methyl sites for hydroxylation is 1. The molecule has 4 rings (SSSR count). The van der Waals surface area contributed by atoms with Crippen molar-refractivity contribution in [3.63, 3.8) is 0 Å². The zero-order valence-electron chi connectivity index (χ0n) is 16.3. The molecule has 0 spiro atoms. The molecule has 0 aliphatic rings. The van der Waals surface area contributed by atoms with Crippen LogP contribution in [0, 0.1) is 6.92 Å². The number of para-hydroxylation sites is 1. The van der Waals surface area contributed by atoms with Gasteiger partial charge in [0.25, 0.3) is 0 Å². The molecule has 30 heavy (non-hydrogen) atoms. The number of hydrogen-bond donors (Lipinski definition) is 1. The lowest BCUT2D eigenvalue weighted by atomic mass is 10.2. The van der Waals surface area contributed by atoms with Crippen molar-refractivity contribution >= 4 is 43.2 Å². The average Bonchev–Trinajstić information content (AvgIpc) is 3.34. The Bertz CT molecular complexity index is 1260. The van der Waals surface area contributed by atoms with Gasteiger partial charge in [-0.2, -0.15) is 0 Å². The van der Waals surface area contributed by atoms with Gasteiger partial charge < -0.3 is 9.73 Å². The Kier molecular flexibility index (Phi) is 5.69. The summed E-state index contributed by atoms with van der Waals surface area (Å²) in [5.74, 6) is 0.294. The molecule has 0 aliphatic heterocycles. The number of benzene rings is 2. The second-order valence-corrected chi connectivity index (χ2v) is 9.94. The Morgan fingerprint density at radius 1 is 1.13 bits per heavy atom. The molecule has 0 radical (unpaired) electrons. The standard InChI is InChI=1S/C22H20N2O4S2/c1-15-8-10-17(11-9-15)30(26,27)12-4-7-21(25)24-22-23-18(14-29-22)20-13-16-5-2-3-6-19(16)28-20/h2-3,5-6,8-11,13-14H,4,7,12H2,1H3,(H,23,24,25). The van der Waals surface area contributed by atoms with E-state index in [1.54, 1.807) is 24.3 Å². The second-order valence-electron chi connectivity index (χ2n) is 6.97. The number of carbonyl (C=O) groups is 1. The lowest BCUT2D eigenvalue weighted by Crippen LogP contribution is -2.14. The van der Waals surface area contributed by atoms with E-state index in [4.69, 9.17) is 4.42 Å². The molecule has 154 valence electrons. The predicted molar refractivity (Wildman–Crippen MR) is 118 cm³/mol. The number of fused-ring (bicyclic) bond motifs is 1. The molecule has 0 saturated heterocycles. The third-order valence-electron chi connectivity index (χ3n) is 4.63. The summed E-state index contributed by atoms with van der Waals surface area (Å²) in [6.07, 6.45) is 0.342. The zero-order chi connectivity index (χ0) is 21.1. The van der Waals surface area contributed by atoms with E-state index < -0.39 is 9.84 Å². The molecule has 2 aromatic heterocycles. The van der Waals surface area contributed by atoms with E-state index in [1.165, 1.54) is 11.3 Å². The van der Waals surface area contributed by atoms with Gasteiger partial charge in [-0.15, -0.1) is 11.3 Å². The van der Waals surface area contributed by atoms with Gasteiger partial charge in [-0.25, -0.2) is 13.4 Å². The van der Waals surface area contributed by atoms with Gasteiger partial charge >= 0.3 is 0 Å². The maximum Gasteiger partial charge on any atom is 0.226 e. The Morgan fingerprint density at radius 3 is 2.67 bits per heavy atom. The van der Waals surface area contributed by atoms with Crippen molar-refractivity contribution in [1.82, 2.24) is 4.98 Å². The molecule has 0 aliphatic carbocycles. The topological polar surface area (TPSA) is 89.3 Å². The summed E-state index contributed by atoms with van der Waals surface area (Å²) in [6.45, 7) is 1.90. The van der Waals surface area contributed by atoms with E-state index in [1.807, 2.05) is 42.6 Å². The second kappa shape index (κ2) is 8.41. The van der Waals surface area contributed by atoms with Crippen LogP contribution >= 0.6 is 11.3 Å². The Labute approximate surface area is 178 Å². The predicted octanol–water partition coefficient (Wildman–Crippen LogP) is 5.06. The molecular weight excluding hydrogens is 420 g/mol. The summed E-state index contributed by atoms with van der Waals surface area (Å²) < 4.78 is 30.5. The lowest BCUT2D eigenvalue weighted by molar-refractivity contribution is -0.116. The Morgan fingerprint density at radius 2 is 1.90 bits per heavy atom. The molecule has 4 aromatic rings. The van der Waals surface area contributed by atoms with Crippen molar-refractivity contribution < 1.29 is 17.6 Å². The molecule has 0 atom stereocenters. The van der Waals surface area contributed by atoms with Crippen molar-refractivity contribution in [3.05, 3.63) is 65.5 Å². The van der Waals surface area contributed by atoms with Crippen LogP contribution in [0.5, 0.6) is 0 Å². The summed E-state index contributed by atoms with van der Waals surface area (Å²) in [6, 6.07) is 16.3. The molecule has 1 N–H and O–H groups in total. The van der Waals surface area contributed by atoms with Crippen LogP contribution in [0.4, 0.5) is 5.13 Å². The van der Waals surface area contributed by atoms with Crippen LogP contribution in [-0.4, -0.2) is 25.1 Å². The van der Waals surface area contributed by atoms with Crippen molar-refractivity contribution in [2.24, 2.45) is 0 Å². The highest BCUT2D eigenvalue weighted by Gasteiger charge is 2.16. The summed E-state index contributed by atoms with van der Waals surface area (Å²) in [4.78, 5) is 16.9. The van der Waals surface area contributed by atoms with Crippen LogP contribution in [0.25, 0.3) is 22.4 Å². The smallest absolute Gasteiger partial charge is 0.226 e. The van der Waals surface area contributed by atoms with E-state index in [2.05, 4.69) is 10.3 Å². The van der Waals surface area contributed by atoms with Crippen LogP contribution in [0.2, 0.25) is 0 Å². The SMILES string of the molecule is Cc1ccc(S(=O)(=O)CCCC(=O)Nc2nc(-c3cc4ccccc4o3)cs2)cc1. The number of furan rings is 1. The number of carbonyl (C=O) groups excluding carboxylic acids is 1. The molecular formula is C22H20N2O4S2. The number of thiazole rings is 1. The molecule has 0 saturated carbocycles. The number of aromatic nitrogens is 1. The molecule has 0 unspecified atom stereocenters. The summed E-state index contributed by atoms with van der Waals surface area (Å²) >= 11 is 1.30. The third kappa shape index (κ3) is 4.60. The first-order valence-corrected chi connectivity index (χ1v) is 12.0. The van der Waals surface area contributed by atoms with Crippen molar-refractivity contribution in [2.75, 3.05) is 11.1 Å². The van der Waals surface area contributed by atoms with Crippen molar-refractivity contribution in [3.8, 4) is 11.5 Å². The highest BCUT2D eigenvalue weighted by Crippen LogP contribution is 2.30. The first-order valence-electron chi connectivity index (χ1n) is 9.44. The van der Waals surface area contributed by atoms with E-state index in [0.29, 0.717) is 16.6 Å². The Hall–Kier alpha value is -2.97. The van der Waals surface area contributed by atoms with Gasteiger partial charge in [0.1, 0.15) is 11.3 Å². The maximum atomic E-state index is 12.4. The third-order valence-corrected chi connectivity index (χ3v) is 7.20. The fourth-order valence-corrected chi connectivity index (χ4v) is 5.05. The Balaban J connectivity index is 1.33. The summed E-state index contributed by atoms with van der Waals surface area (Å²) in [7, 11) is -3.40. The number of sulfone groups is 1. The molecule has 2 aromatic carbocycles. The van der Waals surface area contributed by atoms with Crippen LogP contribution < -0.4 is 5.32 Å². The van der Waals surface area contributed by atoms with E-state index in [0.717, 1.165) is 16.5 Å². The fourth-order valence-electron chi connectivity index (χ4n) is 3.02. The van der Waals surface area contributed by atoms with Crippen LogP contribution in [0.15, 0.2) is 69.3 Å². The first-order chi connectivity index (χ1) is 14.4. The molecule has 6 nitrogen and oxygen atoms in total. The van der Waals surface area contributed by atoms with E-state index >= 15 is 0 Å². The lowest BCUT2D eigenvalue weighted by Gasteiger charge is -2.05. The van der Waals surface area contributed by atoms with Gasteiger partial charge in [0, 0.05) is 17.2 Å². The monoisotopic (exact) mass is 440 g/mol. The fraction of sp³-hybridized carbons (Fsp3) is 0.182. The summed E-state index contributed by atoms with van der Waals surface area (Å²) in [5.41, 5.74) is 2.42. The van der Waals surface area contributed by atoms with Gasteiger partial charge in [0.2, 0.25) is 5.91 Å². The minimum atomic E-state index is -3.40. The zero-order valence-corrected chi connectivity index (χ0v) is 17.9. The minimum absolute atomic E-state index is 0.0778. The molecule has 0 bridgehead atoms. The highest BCUT2D eigenvalue weighted by molar-refractivity contribution is 7.91. The highest BCUT2D eigenvalue weighted by atomic mass is 32.2. The molecule has 8 heteroatoms. The maximum absolute atomic E-state index is 12.4. The summed E-state index contributed by atoms with van der Waals surface area (Å²) in [5, 5.41) is 5.99. The van der Waals surface area contributed by atoms with Crippen LogP contribution in [0.3, 0.4) is 0 Å². The number of nitrogens with zero attached hydrogens (tertiary/aromatic N) is 1. The van der Waals surface area contributed by atoms with Gasteiger partial charge in [-0.1, -0.05) is 35.9 Å². The van der Waals surface area contributed by atoms with Crippen LogP contribution in [0.1, 0.15) is 18.4 Å². The van der Waals surface area contributed by atoms with Crippen LogP contribution in [-0.2, 0) is 14.6 Å². The molecule has 0 fully saturated rings. The quantitative estimate of drug-likeness (QED) is 0.434. The molecule has 2 heterocycles. The number of anilines is 1. The number of nitrogens with one attached hydrogen (secondary N) is 1. The van der Waals surface area contributed by atoms with Gasteiger partial charge in [-0.05, 0) is 37.6 Å². The number of hydrogen-bond acceptors (Lipinski definition) is 6.